The molecule has 1 aromatic carbocycles. The average Bonchev–Trinajstić information content (AvgIpc) is 3.29. The van der Waals surface area contributed by atoms with Gasteiger partial charge in [0.1, 0.15) is 11.4 Å². The van der Waals surface area contributed by atoms with Gasteiger partial charge in [0.2, 0.25) is 0 Å². The lowest BCUT2D eigenvalue weighted by Gasteiger charge is -2.17. The van der Waals surface area contributed by atoms with Crippen molar-refractivity contribution >= 4 is 17.5 Å². The van der Waals surface area contributed by atoms with Crippen molar-refractivity contribution in [2.45, 2.75) is 20.0 Å². The summed E-state index contributed by atoms with van der Waals surface area (Å²) in [6.45, 7) is 3.02. The van der Waals surface area contributed by atoms with E-state index in [9.17, 15) is 4.79 Å². The molecule has 0 bridgehead atoms. The minimum absolute atomic E-state index is 0.174. The zero-order valence-electron chi connectivity index (χ0n) is 14.9. The van der Waals surface area contributed by atoms with Crippen LogP contribution in [0.3, 0.4) is 0 Å². The summed E-state index contributed by atoms with van der Waals surface area (Å²) in [6.07, 6.45) is 1.59. The van der Waals surface area contributed by atoms with Gasteiger partial charge in [-0.05, 0) is 25.1 Å². The topological polar surface area (TPSA) is 76.0 Å². The molecule has 2 heterocycles. The van der Waals surface area contributed by atoms with Crippen molar-refractivity contribution in [3.8, 4) is 17.0 Å². The maximum atomic E-state index is 12.7. The maximum Gasteiger partial charge on any atom is 0.271 e. The molecule has 0 radical (unpaired) electrons. The molecular formula is C18H20ClN5O2. The van der Waals surface area contributed by atoms with E-state index in [2.05, 4.69) is 15.3 Å². The molecular weight excluding hydrogens is 354 g/mol. The summed E-state index contributed by atoms with van der Waals surface area (Å²) in [5.41, 5.74) is 2.76. The van der Waals surface area contributed by atoms with E-state index in [1.807, 2.05) is 31.2 Å². The lowest BCUT2D eigenvalue weighted by molar-refractivity contribution is 0.0775. The number of hydrogen-bond acceptors (Lipinski definition) is 4. The fourth-order valence-electron chi connectivity index (χ4n) is 2.68. The summed E-state index contributed by atoms with van der Waals surface area (Å²) in [5.74, 6) is 0.560. The van der Waals surface area contributed by atoms with Gasteiger partial charge >= 0.3 is 0 Å². The van der Waals surface area contributed by atoms with E-state index >= 15 is 0 Å². The van der Waals surface area contributed by atoms with Crippen molar-refractivity contribution in [2.75, 3.05) is 14.2 Å². The van der Waals surface area contributed by atoms with Crippen LogP contribution in [0.15, 0.2) is 36.5 Å². The molecule has 26 heavy (non-hydrogen) atoms. The zero-order chi connectivity index (χ0) is 18.7. The minimum atomic E-state index is -0.174. The second-order valence-corrected chi connectivity index (χ2v) is 6.22. The predicted molar refractivity (Wildman–Crippen MR) is 99.3 cm³/mol. The summed E-state index contributed by atoms with van der Waals surface area (Å²) in [7, 11) is 3.33. The number of hydrogen-bond donors (Lipinski definition) is 1. The van der Waals surface area contributed by atoms with Gasteiger partial charge in [-0.25, -0.2) is 0 Å². The number of carbonyl (C=O) groups is 1. The van der Waals surface area contributed by atoms with Crippen LogP contribution in [0, 0.1) is 0 Å². The fourth-order valence-corrected chi connectivity index (χ4v) is 2.88. The molecule has 0 aliphatic heterocycles. The molecule has 1 N–H and O–H groups in total. The first-order valence-corrected chi connectivity index (χ1v) is 8.56. The average molecular weight is 374 g/mol. The normalized spacial score (nSPS) is 10.8. The van der Waals surface area contributed by atoms with E-state index < -0.39 is 0 Å². The highest BCUT2D eigenvalue weighted by Crippen LogP contribution is 2.23. The molecule has 2 aromatic heterocycles. The number of aromatic nitrogens is 4. The number of amides is 1. The zero-order valence-corrected chi connectivity index (χ0v) is 15.6. The summed E-state index contributed by atoms with van der Waals surface area (Å²) < 4.78 is 7.01. The summed E-state index contributed by atoms with van der Waals surface area (Å²) in [5, 5.41) is 11.8. The third kappa shape index (κ3) is 3.57. The van der Waals surface area contributed by atoms with Crippen LogP contribution < -0.4 is 4.74 Å². The van der Waals surface area contributed by atoms with Crippen molar-refractivity contribution in [1.82, 2.24) is 24.9 Å². The number of benzene rings is 1. The van der Waals surface area contributed by atoms with Crippen LogP contribution in [-0.2, 0) is 13.1 Å². The Morgan fingerprint density at radius 2 is 2.19 bits per heavy atom. The number of nitrogens with zero attached hydrogens (tertiary/aromatic N) is 4. The number of methoxy groups -OCH3 is 1. The van der Waals surface area contributed by atoms with E-state index in [4.69, 9.17) is 16.3 Å². The molecule has 3 aromatic rings. The maximum absolute atomic E-state index is 12.7. The van der Waals surface area contributed by atoms with Gasteiger partial charge in [0.25, 0.3) is 5.91 Å². The first-order valence-electron chi connectivity index (χ1n) is 8.19. The van der Waals surface area contributed by atoms with E-state index in [1.165, 1.54) is 0 Å². The largest absolute Gasteiger partial charge is 0.497 e. The number of aryl methyl sites for hydroxylation is 1. The molecule has 0 spiro atoms. The van der Waals surface area contributed by atoms with Crippen molar-refractivity contribution in [3.05, 3.63) is 52.9 Å². The number of aromatic amines is 1. The molecule has 0 unspecified atom stereocenters. The second kappa shape index (κ2) is 7.61. The van der Waals surface area contributed by atoms with Gasteiger partial charge in [0.05, 0.1) is 36.3 Å². The van der Waals surface area contributed by atoms with E-state index in [0.717, 1.165) is 17.0 Å². The number of ether oxygens (including phenoxy) is 1. The van der Waals surface area contributed by atoms with Gasteiger partial charge in [0, 0.05) is 19.2 Å². The molecule has 0 saturated heterocycles. The van der Waals surface area contributed by atoms with Crippen LogP contribution in [0.1, 0.15) is 23.1 Å². The molecule has 0 saturated carbocycles. The van der Waals surface area contributed by atoms with Gasteiger partial charge in [-0.2, -0.15) is 10.2 Å². The van der Waals surface area contributed by atoms with Crippen molar-refractivity contribution in [3.63, 3.8) is 0 Å². The van der Waals surface area contributed by atoms with Crippen LogP contribution in [-0.4, -0.2) is 44.9 Å². The molecule has 1 amide bonds. The van der Waals surface area contributed by atoms with Gasteiger partial charge in [-0.15, -0.1) is 0 Å². The number of H-pyrrole nitrogens is 1. The molecule has 3 rings (SSSR count). The number of nitrogens with one attached hydrogen (secondary N) is 1. The number of carbonyl (C=O) groups excluding carboxylic acids is 1. The summed E-state index contributed by atoms with van der Waals surface area (Å²) in [4.78, 5) is 14.3. The Morgan fingerprint density at radius 1 is 1.38 bits per heavy atom. The smallest absolute Gasteiger partial charge is 0.271 e. The molecule has 0 aliphatic carbocycles. The Hall–Kier alpha value is -2.80. The van der Waals surface area contributed by atoms with E-state index in [1.54, 1.807) is 36.0 Å². The molecule has 0 aliphatic rings. The Labute approximate surface area is 156 Å². The molecule has 0 atom stereocenters. The Balaban J connectivity index is 1.78. The molecule has 8 heteroatoms. The van der Waals surface area contributed by atoms with E-state index in [0.29, 0.717) is 29.5 Å². The van der Waals surface area contributed by atoms with Crippen LogP contribution in [0.4, 0.5) is 0 Å². The lowest BCUT2D eigenvalue weighted by atomic mass is 10.1. The third-order valence-corrected chi connectivity index (χ3v) is 4.42. The third-order valence-electron chi connectivity index (χ3n) is 4.10. The van der Waals surface area contributed by atoms with Crippen molar-refractivity contribution in [2.24, 2.45) is 0 Å². The summed E-state index contributed by atoms with van der Waals surface area (Å²) >= 11 is 6.18. The highest BCUT2D eigenvalue weighted by molar-refractivity contribution is 6.31. The Morgan fingerprint density at radius 3 is 2.92 bits per heavy atom. The summed E-state index contributed by atoms with van der Waals surface area (Å²) in [6, 6.07) is 9.25. The molecule has 136 valence electrons. The number of halogens is 1. The fraction of sp³-hybridized carbons (Fsp3) is 0.278. The van der Waals surface area contributed by atoms with Crippen molar-refractivity contribution in [1.29, 1.82) is 0 Å². The van der Waals surface area contributed by atoms with Gasteiger partial charge < -0.3 is 9.64 Å². The quantitative estimate of drug-likeness (QED) is 0.719. The standard InChI is InChI=1S/C18H20ClN5O2/c1-4-24-17(14(19)10-20-24)11-23(2)18(25)16-9-15(21-22-16)12-6-5-7-13(8-12)26-3/h5-10H,4,11H2,1-3H3,(H,21,22). The lowest BCUT2D eigenvalue weighted by Crippen LogP contribution is -2.28. The van der Waals surface area contributed by atoms with Gasteiger partial charge in [-0.3, -0.25) is 14.6 Å². The molecule has 0 fully saturated rings. The van der Waals surface area contributed by atoms with Crippen LogP contribution >= 0.6 is 11.6 Å². The second-order valence-electron chi connectivity index (χ2n) is 5.81. The van der Waals surface area contributed by atoms with Gasteiger partial charge in [-0.1, -0.05) is 23.7 Å². The van der Waals surface area contributed by atoms with Crippen LogP contribution in [0.2, 0.25) is 5.02 Å². The van der Waals surface area contributed by atoms with Crippen LogP contribution in [0.25, 0.3) is 11.3 Å². The highest BCUT2D eigenvalue weighted by Gasteiger charge is 2.19. The first kappa shape index (κ1) is 18.0. The number of rotatable bonds is 6. The van der Waals surface area contributed by atoms with Crippen LogP contribution in [0.5, 0.6) is 5.75 Å². The SMILES string of the molecule is CCn1ncc(Cl)c1CN(C)C(=O)c1cc(-c2cccc(OC)c2)n[nH]1. The van der Waals surface area contributed by atoms with E-state index in [-0.39, 0.29) is 5.91 Å². The highest BCUT2D eigenvalue weighted by atomic mass is 35.5. The Bertz CT molecular complexity index is 918. The first-order chi connectivity index (χ1) is 12.5. The van der Waals surface area contributed by atoms with Gasteiger partial charge in [0.15, 0.2) is 0 Å². The van der Waals surface area contributed by atoms with Crippen molar-refractivity contribution < 1.29 is 9.53 Å². The predicted octanol–water partition coefficient (Wildman–Crippen LogP) is 3.23. The molecule has 7 nitrogen and oxygen atoms in total. The minimum Gasteiger partial charge on any atom is -0.497 e. The Kier molecular flexibility index (Phi) is 5.27. The monoisotopic (exact) mass is 373 g/mol.